The minimum Gasteiger partial charge on any atom is -0.386 e. The van der Waals surface area contributed by atoms with Crippen LogP contribution in [-0.4, -0.2) is 20.8 Å². The molecule has 5 nitrogen and oxygen atoms in total. The lowest BCUT2D eigenvalue weighted by atomic mass is 9.80. The maximum atomic E-state index is 13.0. The van der Waals surface area contributed by atoms with Crippen LogP contribution >= 0.6 is 23.2 Å². The van der Waals surface area contributed by atoms with E-state index in [9.17, 15) is 9.90 Å². The Kier molecular flexibility index (Phi) is 6.77. The average molecular weight is 488 g/mol. The van der Waals surface area contributed by atoms with Gasteiger partial charge in [0.15, 0.2) is 0 Å². The van der Waals surface area contributed by atoms with Gasteiger partial charge in [0.1, 0.15) is 0 Å². The molecule has 7 heteroatoms. The quantitative estimate of drug-likeness (QED) is 0.399. The number of fused-ring (bicyclic) bond motifs is 1. The number of rotatable bonds is 5. The Morgan fingerprint density at radius 2 is 1.88 bits per heavy atom. The first kappa shape index (κ1) is 24.1. The molecule has 3 aromatic rings. The van der Waals surface area contributed by atoms with Gasteiger partial charge in [-0.15, -0.1) is 0 Å². The lowest BCUT2D eigenvalue weighted by molar-refractivity contribution is 0.0794. The lowest BCUT2D eigenvalue weighted by Crippen LogP contribution is -2.21. The number of nitrogens with one attached hydrogen (secondary N) is 1. The number of anilines is 1. The lowest BCUT2D eigenvalue weighted by Gasteiger charge is -2.30. The summed E-state index contributed by atoms with van der Waals surface area (Å²) < 4.78 is 2.06. The van der Waals surface area contributed by atoms with Crippen molar-refractivity contribution in [1.82, 2.24) is 9.78 Å². The van der Waals surface area contributed by atoms with Crippen LogP contribution in [0.15, 0.2) is 36.5 Å². The van der Waals surface area contributed by atoms with Gasteiger partial charge >= 0.3 is 0 Å². The molecule has 33 heavy (non-hydrogen) atoms. The van der Waals surface area contributed by atoms with Crippen LogP contribution in [0.3, 0.4) is 0 Å². The zero-order chi connectivity index (χ0) is 23.9. The predicted molar refractivity (Wildman–Crippen MR) is 135 cm³/mol. The van der Waals surface area contributed by atoms with Crippen LogP contribution in [0.1, 0.15) is 75.3 Å². The minimum absolute atomic E-state index is 0.201. The molecule has 0 unspecified atom stereocenters. The monoisotopic (exact) mass is 487 g/mol. The van der Waals surface area contributed by atoms with Crippen molar-refractivity contribution >= 4 is 45.7 Å². The van der Waals surface area contributed by atoms with E-state index in [1.165, 1.54) is 12.8 Å². The number of aliphatic hydroxyl groups is 1. The summed E-state index contributed by atoms with van der Waals surface area (Å²) in [6.45, 7) is 8.00. The Balaban J connectivity index is 1.66. The Labute approximate surface area is 205 Å². The predicted octanol–water partition coefficient (Wildman–Crippen LogP) is 7.21. The van der Waals surface area contributed by atoms with Crippen LogP contribution in [0.4, 0.5) is 5.69 Å². The number of hydrogen-bond acceptors (Lipinski definition) is 3. The molecule has 1 aliphatic carbocycles. The second-order valence-electron chi connectivity index (χ2n) is 9.99. The average Bonchev–Trinajstić information content (AvgIpc) is 3.17. The molecule has 2 aromatic carbocycles. The van der Waals surface area contributed by atoms with E-state index in [1.807, 2.05) is 18.3 Å². The topological polar surface area (TPSA) is 67.2 Å². The second-order valence-corrected chi connectivity index (χ2v) is 10.8. The van der Waals surface area contributed by atoms with Crippen LogP contribution in [-0.2, 0) is 5.60 Å². The van der Waals surface area contributed by atoms with E-state index in [0.29, 0.717) is 22.3 Å². The smallest absolute Gasteiger partial charge is 0.257 e. The largest absolute Gasteiger partial charge is 0.386 e. The molecule has 0 radical (unpaired) electrons. The summed E-state index contributed by atoms with van der Waals surface area (Å²) in [5, 5.41) is 20.0. The van der Waals surface area contributed by atoms with Crippen molar-refractivity contribution in [2.75, 3.05) is 5.32 Å². The molecular formula is C26H31Cl2N3O2. The van der Waals surface area contributed by atoms with Crippen LogP contribution in [0.2, 0.25) is 10.0 Å². The molecule has 1 heterocycles. The van der Waals surface area contributed by atoms with Gasteiger partial charge in [0.05, 0.1) is 32.8 Å². The molecule has 1 aliphatic rings. The fourth-order valence-electron chi connectivity index (χ4n) is 4.79. The van der Waals surface area contributed by atoms with Gasteiger partial charge in [-0.1, -0.05) is 43.1 Å². The number of nitrogens with zero attached hydrogens (tertiary/aromatic N) is 2. The maximum absolute atomic E-state index is 13.0. The molecule has 1 aromatic heterocycles. The molecule has 1 fully saturated rings. The molecule has 0 bridgehead atoms. The van der Waals surface area contributed by atoms with E-state index in [-0.39, 0.29) is 16.5 Å². The van der Waals surface area contributed by atoms with Crippen molar-refractivity contribution in [3.63, 3.8) is 0 Å². The van der Waals surface area contributed by atoms with Gasteiger partial charge in [0.25, 0.3) is 5.91 Å². The first-order valence-corrected chi connectivity index (χ1v) is 12.3. The van der Waals surface area contributed by atoms with Gasteiger partial charge in [-0.25, -0.2) is 0 Å². The summed E-state index contributed by atoms with van der Waals surface area (Å²) in [6, 6.07) is 9.06. The third-order valence-electron chi connectivity index (χ3n) is 6.82. The standard InChI is InChI=1S/C26H31Cl2N3O2/c1-15(2)16-8-10-18(11-9-16)31-14-17-12-23(20(26(3,4)33)13-22(17)30-31)29-25(32)19-6-5-7-21(27)24(19)28/h5-7,12-16,18,33H,8-11H2,1-4H3,(H,29,32). The van der Waals surface area contributed by atoms with E-state index in [0.717, 1.165) is 35.6 Å². The van der Waals surface area contributed by atoms with Crippen molar-refractivity contribution in [2.45, 2.75) is 65.0 Å². The van der Waals surface area contributed by atoms with E-state index in [4.69, 9.17) is 28.3 Å². The third-order valence-corrected chi connectivity index (χ3v) is 7.64. The van der Waals surface area contributed by atoms with Crippen molar-refractivity contribution in [3.05, 3.63) is 57.7 Å². The van der Waals surface area contributed by atoms with E-state index in [1.54, 1.807) is 32.0 Å². The van der Waals surface area contributed by atoms with Gasteiger partial charge in [-0.2, -0.15) is 5.10 Å². The number of amides is 1. The summed E-state index contributed by atoms with van der Waals surface area (Å²) in [5.74, 6) is 1.12. The van der Waals surface area contributed by atoms with E-state index >= 15 is 0 Å². The molecule has 4 rings (SSSR count). The summed E-state index contributed by atoms with van der Waals surface area (Å²) >= 11 is 12.3. The van der Waals surface area contributed by atoms with Gasteiger partial charge in [-0.3, -0.25) is 9.48 Å². The van der Waals surface area contributed by atoms with Crippen LogP contribution in [0, 0.1) is 11.8 Å². The molecule has 0 spiro atoms. The van der Waals surface area contributed by atoms with Crippen LogP contribution in [0.25, 0.3) is 10.9 Å². The number of carbonyl (C=O) groups is 1. The molecule has 0 saturated heterocycles. The normalized spacial score (nSPS) is 19.3. The summed E-state index contributed by atoms with van der Waals surface area (Å²) in [5.41, 5.74) is 1.03. The third kappa shape index (κ3) is 5.06. The SMILES string of the molecule is CC(C)C1CCC(n2cc3cc(NC(=O)c4cccc(Cl)c4Cl)c(C(C)(C)O)cc3n2)CC1. The fraction of sp³-hybridized carbons (Fsp3) is 0.462. The second kappa shape index (κ2) is 9.28. The van der Waals surface area contributed by atoms with Crippen molar-refractivity contribution in [2.24, 2.45) is 11.8 Å². The van der Waals surface area contributed by atoms with E-state index < -0.39 is 5.60 Å². The van der Waals surface area contributed by atoms with Crippen LogP contribution in [0.5, 0.6) is 0 Å². The highest BCUT2D eigenvalue weighted by Crippen LogP contribution is 2.38. The first-order chi connectivity index (χ1) is 15.5. The highest BCUT2D eigenvalue weighted by Gasteiger charge is 2.27. The number of aromatic nitrogens is 2. The highest BCUT2D eigenvalue weighted by atomic mass is 35.5. The Hall–Kier alpha value is -2.08. The van der Waals surface area contributed by atoms with Crippen molar-refractivity contribution in [1.29, 1.82) is 0 Å². The fourth-order valence-corrected chi connectivity index (χ4v) is 5.18. The molecule has 176 valence electrons. The molecule has 0 aliphatic heterocycles. The van der Waals surface area contributed by atoms with Crippen molar-refractivity contribution < 1.29 is 9.90 Å². The molecule has 1 saturated carbocycles. The zero-order valence-electron chi connectivity index (χ0n) is 19.5. The Bertz CT molecular complexity index is 1170. The van der Waals surface area contributed by atoms with E-state index in [2.05, 4.69) is 23.8 Å². The summed E-state index contributed by atoms with van der Waals surface area (Å²) in [7, 11) is 0. The Morgan fingerprint density at radius 3 is 2.52 bits per heavy atom. The molecular weight excluding hydrogens is 457 g/mol. The van der Waals surface area contributed by atoms with Crippen LogP contribution < -0.4 is 5.32 Å². The molecule has 1 amide bonds. The van der Waals surface area contributed by atoms with Gasteiger partial charge in [0.2, 0.25) is 0 Å². The maximum Gasteiger partial charge on any atom is 0.257 e. The number of carbonyl (C=O) groups excluding carboxylic acids is 1. The van der Waals surface area contributed by atoms with Gasteiger partial charge in [-0.05, 0) is 75.6 Å². The van der Waals surface area contributed by atoms with Gasteiger partial charge < -0.3 is 10.4 Å². The van der Waals surface area contributed by atoms with Gasteiger partial charge in [0, 0.05) is 22.8 Å². The first-order valence-electron chi connectivity index (χ1n) is 11.6. The summed E-state index contributed by atoms with van der Waals surface area (Å²) in [6.07, 6.45) is 6.72. The molecule has 2 N–H and O–H groups in total. The highest BCUT2D eigenvalue weighted by molar-refractivity contribution is 6.44. The summed E-state index contributed by atoms with van der Waals surface area (Å²) in [4.78, 5) is 13.0. The number of hydrogen-bond donors (Lipinski definition) is 2. The number of benzene rings is 2. The minimum atomic E-state index is -1.17. The number of halogens is 2. The van der Waals surface area contributed by atoms with Crippen molar-refractivity contribution in [3.8, 4) is 0 Å². The Morgan fingerprint density at radius 1 is 1.18 bits per heavy atom. The zero-order valence-corrected chi connectivity index (χ0v) is 21.0. The molecule has 0 atom stereocenters.